The van der Waals surface area contributed by atoms with Gasteiger partial charge < -0.3 is 15.8 Å². The molecule has 22 heavy (non-hydrogen) atoms. The number of fused-ring (bicyclic) bond motifs is 2. The molecule has 4 nitrogen and oxygen atoms in total. The molecule has 3 N–H and O–H groups in total. The predicted molar refractivity (Wildman–Crippen MR) is 87.4 cm³/mol. The highest BCUT2D eigenvalue weighted by Gasteiger charge is 2.49. The molecule has 0 aromatic rings. The Hall–Kier alpha value is -0.610. The Balaban J connectivity index is 1.56. The van der Waals surface area contributed by atoms with Crippen LogP contribution < -0.4 is 11.1 Å². The van der Waals surface area contributed by atoms with Crippen molar-refractivity contribution in [2.75, 3.05) is 13.2 Å². The summed E-state index contributed by atoms with van der Waals surface area (Å²) >= 11 is 0. The zero-order valence-corrected chi connectivity index (χ0v) is 14.0. The van der Waals surface area contributed by atoms with Gasteiger partial charge in [-0.15, -0.1) is 0 Å². The van der Waals surface area contributed by atoms with E-state index in [-0.39, 0.29) is 23.5 Å². The van der Waals surface area contributed by atoms with Crippen LogP contribution in [0, 0.1) is 17.8 Å². The highest BCUT2D eigenvalue weighted by Crippen LogP contribution is 2.47. The van der Waals surface area contributed by atoms with Crippen LogP contribution in [0.3, 0.4) is 0 Å². The minimum Gasteiger partial charge on any atom is -0.373 e. The van der Waals surface area contributed by atoms with Gasteiger partial charge in [-0.1, -0.05) is 26.2 Å². The summed E-state index contributed by atoms with van der Waals surface area (Å²) in [6.45, 7) is 3.61. The van der Waals surface area contributed by atoms with Crippen molar-refractivity contribution in [3.63, 3.8) is 0 Å². The lowest BCUT2D eigenvalue weighted by Gasteiger charge is -2.38. The van der Waals surface area contributed by atoms with Crippen LogP contribution in [0.5, 0.6) is 0 Å². The van der Waals surface area contributed by atoms with Crippen molar-refractivity contribution in [1.82, 2.24) is 5.32 Å². The molecule has 126 valence electrons. The third-order valence-corrected chi connectivity index (χ3v) is 6.25. The van der Waals surface area contributed by atoms with Gasteiger partial charge in [0.05, 0.1) is 11.5 Å². The molecule has 3 fully saturated rings. The average Bonchev–Trinajstić information content (AvgIpc) is 3.13. The van der Waals surface area contributed by atoms with Crippen LogP contribution in [-0.4, -0.2) is 30.7 Å². The fourth-order valence-electron chi connectivity index (χ4n) is 4.98. The van der Waals surface area contributed by atoms with E-state index in [0.29, 0.717) is 18.4 Å². The minimum atomic E-state index is -0.119. The molecule has 4 heteroatoms. The van der Waals surface area contributed by atoms with Crippen molar-refractivity contribution < 1.29 is 9.53 Å². The number of hydrogen-bond acceptors (Lipinski definition) is 3. The highest BCUT2D eigenvalue weighted by molar-refractivity contribution is 5.80. The quantitative estimate of drug-likeness (QED) is 0.793. The molecule has 2 bridgehead atoms. The van der Waals surface area contributed by atoms with E-state index in [9.17, 15) is 4.79 Å². The fourth-order valence-corrected chi connectivity index (χ4v) is 4.98. The number of nitrogens with two attached hydrogens (primary N) is 1. The van der Waals surface area contributed by atoms with Crippen molar-refractivity contribution in [1.29, 1.82) is 0 Å². The molecule has 4 unspecified atom stereocenters. The van der Waals surface area contributed by atoms with Gasteiger partial charge in [0.15, 0.2) is 0 Å². The van der Waals surface area contributed by atoms with Gasteiger partial charge >= 0.3 is 0 Å². The van der Waals surface area contributed by atoms with Crippen molar-refractivity contribution >= 4 is 5.91 Å². The second kappa shape index (κ2) is 6.88. The first kappa shape index (κ1) is 16.3. The first-order valence-electron chi connectivity index (χ1n) is 9.32. The van der Waals surface area contributed by atoms with Crippen LogP contribution in [0.25, 0.3) is 0 Å². The number of amides is 1. The second-order valence-corrected chi connectivity index (χ2v) is 7.75. The third-order valence-electron chi connectivity index (χ3n) is 6.25. The summed E-state index contributed by atoms with van der Waals surface area (Å²) in [5.74, 6) is 1.34. The summed E-state index contributed by atoms with van der Waals surface area (Å²) in [5, 5.41) is 3.22. The normalized spacial score (nSPS) is 36.5. The van der Waals surface area contributed by atoms with Crippen LogP contribution in [0.4, 0.5) is 0 Å². The van der Waals surface area contributed by atoms with Gasteiger partial charge in [0, 0.05) is 19.2 Å². The standard InChI is InChI=1S/C18H32N2O2/c1-2-10-22-18(8-4-3-5-9-18)12-20-17(21)15-13-6-7-14(11-13)16(15)19/h13-16H,2-12,19H2,1H3,(H,20,21). The number of carbonyl (C=O) groups is 1. The Kier molecular flexibility index (Phi) is 5.08. The van der Waals surface area contributed by atoms with Crippen molar-refractivity contribution in [2.24, 2.45) is 23.5 Å². The SMILES string of the molecule is CCCOC1(CNC(=O)C2C3CCC(C3)C2N)CCCCC1. The van der Waals surface area contributed by atoms with Gasteiger partial charge in [0.25, 0.3) is 0 Å². The molecule has 0 aromatic heterocycles. The van der Waals surface area contributed by atoms with Crippen LogP contribution in [-0.2, 0) is 9.53 Å². The number of hydrogen-bond donors (Lipinski definition) is 2. The third kappa shape index (κ3) is 3.18. The summed E-state index contributed by atoms with van der Waals surface area (Å²) < 4.78 is 6.18. The molecule has 0 spiro atoms. The molecule has 0 aromatic carbocycles. The number of ether oxygens (including phenoxy) is 1. The molecule has 3 aliphatic carbocycles. The fraction of sp³-hybridized carbons (Fsp3) is 0.944. The van der Waals surface area contributed by atoms with Gasteiger partial charge in [-0.3, -0.25) is 4.79 Å². The first-order valence-corrected chi connectivity index (χ1v) is 9.32. The Labute approximate surface area is 134 Å². The molecule has 3 rings (SSSR count). The van der Waals surface area contributed by atoms with E-state index in [1.165, 1.54) is 32.1 Å². The maximum absolute atomic E-state index is 12.7. The maximum Gasteiger partial charge on any atom is 0.225 e. The second-order valence-electron chi connectivity index (χ2n) is 7.75. The lowest BCUT2D eigenvalue weighted by Crippen LogP contribution is -2.51. The van der Waals surface area contributed by atoms with Crippen LogP contribution in [0.2, 0.25) is 0 Å². The largest absolute Gasteiger partial charge is 0.373 e. The number of nitrogens with one attached hydrogen (secondary N) is 1. The summed E-state index contributed by atoms with van der Waals surface area (Å²) in [5.41, 5.74) is 6.18. The topological polar surface area (TPSA) is 64.3 Å². The van der Waals surface area contributed by atoms with Crippen molar-refractivity contribution in [3.8, 4) is 0 Å². The Morgan fingerprint density at radius 3 is 2.59 bits per heavy atom. The monoisotopic (exact) mass is 308 g/mol. The van der Waals surface area contributed by atoms with Gasteiger partial charge in [-0.05, 0) is 50.4 Å². The van der Waals surface area contributed by atoms with Gasteiger partial charge in [0.1, 0.15) is 0 Å². The molecule has 1 amide bonds. The Morgan fingerprint density at radius 2 is 1.95 bits per heavy atom. The molecule has 0 saturated heterocycles. The van der Waals surface area contributed by atoms with E-state index < -0.39 is 0 Å². The first-order chi connectivity index (χ1) is 10.7. The van der Waals surface area contributed by atoms with Gasteiger partial charge in [-0.25, -0.2) is 0 Å². The van der Waals surface area contributed by atoms with Crippen LogP contribution in [0.15, 0.2) is 0 Å². The zero-order chi connectivity index (χ0) is 15.6. The molecule has 3 aliphatic rings. The molecule has 0 heterocycles. The maximum atomic E-state index is 12.7. The molecule has 4 atom stereocenters. The van der Waals surface area contributed by atoms with Crippen molar-refractivity contribution in [3.05, 3.63) is 0 Å². The highest BCUT2D eigenvalue weighted by atomic mass is 16.5. The predicted octanol–water partition coefficient (Wildman–Crippen LogP) is 2.61. The Morgan fingerprint density at radius 1 is 1.23 bits per heavy atom. The minimum absolute atomic E-state index is 0.0468. The zero-order valence-electron chi connectivity index (χ0n) is 14.0. The lowest BCUT2D eigenvalue weighted by atomic mass is 9.82. The van der Waals surface area contributed by atoms with E-state index in [2.05, 4.69) is 12.2 Å². The van der Waals surface area contributed by atoms with E-state index >= 15 is 0 Å². The number of carbonyl (C=O) groups excluding carboxylic acids is 1. The molecule has 0 radical (unpaired) electrons. The average molecular weight is 308 g/mol. The summed E-state index contributed by atoms with van der Waals surface area (Å²) in [6.07, 6.45) is 10.5. The van der Waals surface area contributed by atoms with Crippen molar-refractivity contribution in [2.45, 2.75) is 76.4 Å². The van der Waals surface area contributed by atoms with Crippen LogP contribution in [0.1, 0.15) is 64.7 Å². The van der Waals surface area contributed by atoms with Crippen LogP contribution >= 0.6 is 0 Å². The molecule has 0 aliphatic heterocycles. The molecule has 3 saturated carbocycles. The lowest BCUT2D eigenvalue weighted by molar-refractivity contribution is -0.130. The van der Waals surface area contributed by atoms with E-state index in [4.69, 9.17) is 10.5 Å². The Bertz CT molecular complexity index is 391. The van der Waals surface area contributed by atoms with Gasteiger partial charge in [0.2, 0.25) is 5.91 Å². The molecular formula is C18H32N2O2. The number of rotatable bonds is 6. The van der Waals surface area contributed by atoms with E-state index in [1.54, 1.807) is 0 Å². The summed E-state index contributed by atoms with van der Waals surface area (Å²) in [4.78, 5) is 12.7. The van der Waals surface area contributed by atoms with Gasteiger partial charge in [-0.2, -0.15) is 0 Å². The smallest absolute Gasteiger partial charge is 0.225 e. The molecular weight excluding hydrogens is 276 g/mol. The van der Waals surface area contributed by atoms with E-state index in [1.807, 2.05) is 0 Å². The summed E-state index contributed by atoms with van der Waals surface area (Å²) in [6, 6.07) is 0.0811. The van der Waals surface area contributed by atoms with E-state index in [0.717, 1.165) is 32.3 Å². The summed E-state index contributed by atoms with van der Waals surface area (Å²) in [7, 11) is 0.